The second-order valence-corrected chi connectivity index (χ2v) is 6.73. The molecule has 5 nitrogen and oxygen atoms in total. The molecule has 1 fully saturated rings. The molecule has 1 heterocycles. The number of carbonyl (C=O) groups is 1. The van der Waals surface area contributed by atoms with Gasteiger partial charge in [-0.2, -0.15) is 5.26 Å². The van der Waals surface area contributed by atoms with Crippen molar-refractivity contribution in [2.45, 2.75) is 18.9 Å². The van der Waals surface area contributed by atoms with Gasteiger partial charge < -0.3 is 15.1 Å². The van der Waals surface area contributed by atoms with Crippen LogP contribution in [0, 0.1) is 11.3 Å². The summed E-state index contributed by atoms with van der Waals surface area (Å²) < 4.78 is 0. The minimum absolute atomic E-state index is 0.0439. The SMILES string of the molecule is CN1CCC(N(C)C(=O)/C(C#N)=C\Nc2ccc(Cl)cc2Cl)CC1. The third-order valence-electron chi connectivity index (χ3n) is 4.21. The number of likely N-dealkylation sites (N-methyl/N-ethyl adjacent to an activating group) is 1. The number of nitriles is 1. The molecule has 1 aliphatic heterocycles. The molecule has 0 spiro atoms. The smallest absolute Gasteiger partial charge is 0.266 e. The Balaban J connectivity index is 2.06. The van der Waals surface area contributed by atoms with Crippen LogP contribution in [-0.4, -0.2) is 48.9 Å². The number of piperidine rings is 1. The molecule has 1 saturated heterocycles. The van der Waals surface area contributed by atoms with E-state index >= 15 is 0 Å². The van der Waals surface area contributed by atoms with Gasteiger partial charge in [0.15, 0.2) is 0 Å². The summed E-state index contributed by atoms with van der Waals surface area (Å²) in [4.78, 5) is 16.4. The Bertz CT molecular complexity index is 676. The lowest BCUT2D eigenvalue weighted by Gasteiger charge is -2.35. The number of rotatable bonds is 4. The summed E-state index contributed by atoms with van der Waals surface area (Å²) in [6.45, 7) is 1.90. The number of anilines is 1. The minimum atomic E-state index is -0.287. The van der Waals surface area contributed by atoms with Gasteiger partial charge in [0, 0.05) is 24.3 Å². The van der Waals surface area contributed by atoms with Crippen molar-refractivity contribution in [2.24, 2.45) is 0 Å². The number of benzene rings is 1. The predicted molar refractivity (Wildman–Crippen MR) is 97.1 cm³/mol. The molecule has 1 N–H and O–H groups in total. The Morgan fingerprint density at radius 2 is 2.08 bits per heavy atom. The van der Waals surface area contributed by atoms with Crippen LogP contribution >= 0.6 is 23.2 Å². The molecule has 24 heavy (non-hydrogen) atoms. The second kappa shape index (κ2) is 8.39. The van der Waals surface area contributed by atoms with Crippen LogP contribution in [0.15, 0.2) is 30.0 Å². The van der Waals surface area contributed by atoms with Gasteiger partial charge in [0.2, 0.25) is 0 Å². The van der Waals surface area contributed by atoms with Crippen LogP contribution in [0.4, 0.5) is 5.69 Å². The second-order valence-electron chi connectivity index (χ2n) is 5.89. The molecule has 0 bridgehead atoms. The van der Waals surface area contributed by atoms with Crippen molar-refractivity contribution in [2.75, 3.05) is 32.5 Å². The predicted octanol–water partition coefficient (Wildman–Crippen LogP) is 3.37. The fraction of sp³-hybridized carbons (Fsp3) is 0.412. The zero-order chi connectivity index (χ0) is 17.7. The number of amides is 1. The van der Waals surface area contributed by atoms with E-state index in [1.54, 1.807) is 30.1 Å². The van der Waals surface area contributed by atoms with Crippen LogP contribution in [0.3, 0.4) is 0 Å². The number of hydrogen-bond donors (Lipinski definition) is 1. The molecule has 2 rings (SSSR count). The van der Waals surface area contributed by atoms with Gasteiger partial charge in [-0.05, 0) is 51.2 Å². The van der Waals surface area contributed by atoms with Gasteiger partial charge in [-0.15, -0.1) is 0 Å². The van der Waals surface area contributed by atoms with E-state index in [1.807, 2.05) is 6.07 Å². The highest BCUT2D eigenvalue weighted by atomic mass is 35.5. The van der Waals surface area contributed by atoms with Gasteiger partial charge in [0.1, 0.15) is 11.6 Å². The summed E-state index contributed by atoms with van der Waals surface area (Å²) in [5.41, 5.74) is 0.631. The first-order valence-electron chi connectivity index (χ1n) is 7.70. The van der Waals surface area contributed by atoms with Gasteiger partial charge in [-0.1, -0.05) is 23.2 Å². The number of halogens is 2. The number of likely N-dealkylation sites (tertiary alicyclic amines) is 1. The Morgan fingerprint density at radius 1 is 1.42 bits per heavy atom. The zero-order valence-electron chi connectivity index (χ0n) is 13.7. The Hall–Kier alpha value is -1.74. The maximum Gasteiger partial charge on any atom is 0.266 e. The molecule has 1 amide bonds. The van der Waals surface area contributed by atoms with Crippen LogP contribution in [0.2, 0.25) is 10.0 Å². The fourth-order valence-corrected chi connectivity index (χ4v) is 3.10. The molecule has 7 heteroatoms. The largest absolute Gasteiger partial charge is 0.359 e. The lowest BCUT2D eigenvalue weighted by Crippen LogP contribution is -2.44. The lowest BCUT2D eigenvalue weighted by atomic mass is 10.0. The van der Waals surface area contributed by atoms with Crippen molar-refractivity contribution in [1.29, 1.82) is 5.26 Å². The van der Waals surface area contributed by atoms with E-state index in [4.69, 9.17) is 23.2 Å². The summed E-state index contributed by atoms with van der Waals surface area (Å²) >= 11 is 11.9. The van der Waals surface area contributed by atoms with Crippen LogP contribution < -0.4 is 5.32 Å². The van der Waals surface area contributed by atoms with Crippen LogP contribution in [0.5, 0.6) is 0 Å². The summed E-state index contributed by atoms with van der Waals surface area (Å²) in [6.07, 6.45) is 3.21. The van der Waals surface area contributed by atoms with E-state index in [9.17, 15) is 10.1 Å². The molecule has 0 aromatic heterocycles. The summed E-state index contributed by atoms with van der Waals surface area (Å²) in [5, 5.41) is 13.2. The summed E-state index contributed by atoms with van der Waals surface area (Å²) in [5.74, 6) is -0.287. The maximum absolute atomic E-state index is 12.5. The Morgan fingerprint density at radius 3 is 2.67 bits per heavy atom. The summed E-state index contributed by atoms with van der Waals surface area (Å²) in [6, 6.07) is 7.09. The molecular formula is C17H20Cl2N4O. The third-order valence-corrected chi connectivity index (χ3v) is 4.76. The van der Waals surface area contributed by atoms with Crippen molar-refractivity contribution < 1.29 is 4.79 Å². The average molecular weight is 367 g/mol. The van der Waals surface area contributed by atoms with E-state index in [2.05, 4.69) is 17.3 Å². The monoisotopic (exact) mass is 366 g/mol. The first-order valence-corrected chi connectivity index (χ1v) is 8.45. The minimum Gasteiger partial charge on any atom is -0.359 e. The van der Waals surface area contributed by atoms with Crippen molar-refractivity contribution in [1.82, 2.24) is 9.80 Å². The fourth-order valence-electron chi connectivity index (χ4n) is 2.64. The first-order chi connectivity index (χ1) is 11.4. The van der Waals surface area contributed by atoms with Gasteiger partial charge in [0.25, 0.3) is 5.91 Å². The van der Waals surface area contributed by atoms with Crippen molar-refractivity contribution in [3.8, 4) is 6.07 Å². The number of carbonyl (C=O) groups excluding carboxylic acids is 1. The van der Waals surface area contributed by atoms with Gasteiger partial charge in [0.05, 0.1) is 10.7 Å². The van der Waals surface area contributed by atoms with Gasteiger partial charge in [-0.3, -0.25) is 4.79 Å². The highest BCUT2D eigenvalue weighted by molar-refractivity contribution is 6.36. The standard InChI is InChI=1S/C17H20Cl2N4O/c1-22-7-5-14(6-8-22)23(2)17(24)12(10-20)11-21-16-4-3-13(18)9-15(16)19/h3-4,9,11,14,21H,5-8H2,1-2H3/b12-11-. The molecule has 0 atom stereocenters. The van der Waals surface area contributed by atoms with Gasteiger partial charge >= 0.3 is 0 Å². The maximum atomic E-state index is 12.5. The zero-order valence-corrected chi connectivity index (χ0v) is 15.2. The highest BCUT2D eigenvalue weighted by Crippen LogP contribution is 2.25. The Labute approximate surface area is 152 Å². The lowest BCUT2D eigenvalue weighted by molar-refractivity contribution is -0.128. The Kier molecular flexibility index (Phi) is 6.50. The molecule has 128 valence electrons. The molecule has 1 aliphatic rings. The molecule has 1 aromatic rings. The quantitative estimate of drug-likeness (QED) is 0.655. The molecular weight excluding hydrogens is 347 g/mol. The molecule has 0 radical (unpaired) electrons. The average Bonchev–Trinajstić information content (AvgIpc) is 2.57. The molecule has 0 saturated carbocycles. The number of nitrogens with one attached hydrogen (secondary N) is 1. The molecule has 0 aliphatic carbocycles. The summed E-state index contributed by atoms with van der Waals surface area (Å²) in [7, 11) is 3.82. The van der Waals surface area contributed by atoms with E-state index in [0.29, 0.717) is 15.7 Å². The van der Waals surface area contributed by atoms with E-state index < -0.39 is 0 Å². The van der Waals surface area contributed by atoms with Crippen LogP contribution in [0.1, 0.15) is 12.8 Å². The van der Waals surface area contributed by atoms with E-state index in [1.165, 1.54) is 6.20 Å². The molecule has 0 unspecified atom stereocenters. The molecule has 1 aromatic carbocycles. The van der Waals surface area contributed by atoms with Gasteiger partial charge in [-0.25, -0.2) is 0 Å². The van der Waals surface area contributed by atoms with Crippen molar-refractivity contribution in [3.05, 3.63) is 40.0 Å². The normalized spacial score (nSPS) is 16.5. The van der Waals surface area contributed by atoms with E-state index in [-0.39, 0.29) is 17.5 Å². The van der Waals surface area contributed by atoms with Crippen LogP contribution in [0.25, 0.3) is 0 Å². The number of hydrogen-bond acceptors (Lipinski definition) is 4. The van der Waals surface area contributed by atoms with Crippen LogP contribution in [-0.2, 0) is 4.79 Å². The topological polar surface area (TPSA) is 59.4 Å². The first kappa shape index (κ1) is 18.6. The number of nitrogens with zero attached hydrogens (tertiary/aromatic N) is 3. The van der Waals surface area contributed by atoms with Crippen molar-refractivity contribution >= 4 is 34.8 Å². The third kappa shape index (κ3) is 4.64. The van der Waals surface area contributed by atoms with Crippen molar-refractivity contribution in [3.63, 3.8) is 0 Å². The van der Waals surface area contributed by atoms with E-state index in [0.717, 1.165) is 25.9 Å². The highest BCUT2D eigenvalue weighted by Gasteiger charge is 2.25.